The van der Waals surface area contributed by atoms with Crippen LogP contribution in [0.15, 0.2) is 16.4 Å². The van der Waals surface area contributed by atoms with E-state index < -0.39 is 11.9 Å². The molecule has 7 heteroatoms. The maximum absolute atomic E-state index is 11.6. The Kier molecular flexibility index (Phi) is 3.75. The van der Waals surface area contributed by atoms with Crippen molar-refractivity contribution in [1.82, 2.24) is 10.2 Å². The first-order valence-corrected chi connectivity index (χ1v) is 6.57. The Bertz CT molecular complexity index is 564. The van der Waals surface area contributed by atoms with Gasteiger partial charge in [0.1, 0.15) is 11.9 Å². The number of hydrogen-bond acceptors (Lipinski definition) is 5. The molecule has 2 heterocycles. The Morgan fingerprint density at radius 1 is 1.58 bits per heavy atom. The van der Waals surface area contributed by atoms with Crippen LogP contribution >= 0.6 is 11.3 Å². The first-order valence-electron chi connectivity index (χ1n) is 5.69. The van der Waals surface area contributed by atoms with Gasteiger partial charge in [0.15, 0.2) is 0 Å². The number of thiophene rings is 1. The third-order valence-electron chi connectivity index (χ3n) is 2.88. The summed E-state index contributed by atoms with van der Waals surface area (Å²) in [5.74, 6) is -0.443. The Balaban J connectivity index is 2.25. The van der Waals surface area contributed by atoms with Crippen molar-refractivity contribution in [1.29, 1.82) is 0 Å². The topological polar surface area (TPSA) is 78.8 Å². The van der Waals surface area contributed by atoms with Gasteiger partial charge in [-0.25, -0.2) is 4.99 Å². The Hall–Kier alpha value is -2.02. The van der Waals surface area contributed by atoms with Crippen molar-refractivity contribution >= 4 is 41.1 Å². The zero-order valence-corrected chi connectivity index (χ0v) is 11.4. The van der Waals surface area contributed by atoms with Gasteiger partial charge in [0.2, 0.25) is 18.2 Å². The number of nitrogens with zero attached hydrogens (tertiary/aromatic N) is 2. The Morgan fingerprint density at radius 2 is 2.32 bits per heavy atom. The molecule has 1 aliphatic heterocycles. The minimum absolute atomic E-state index is 0.0208. The molecular formula is C12H13N3O3S. The molecular weight excluding hydrogens is 266 g/mol. The van der Waals surface area contributed by atoms with Crippen LogP contribution in [0.1, 0.15) is 18.2 Å². The second-order valence-electron chi connectivity index (χ2n) is 4.17. The quantitative estimate of drug-likeness (QED) is 0.388. The van der Waals surface area contributed by atoms with Gasteiger partial charge in [-0.05, 0) is 25.3 Å². The van der Waals surface area contributed by atoms with Crippen molar-refractivity contribution in [2.24, 2.45) is 4.99 Å². The van der Waals surface area contributed by atoms with Crippen LogP contribution in [0.25, 0.3) is 0 Å². The molecule has 1 unspecified atom stereocenters. The monoisotopic (exact) mass is 279 g/mol. The summed E-state index contributed by atoms with van der Waals surface area (Å²) in [5, 5.41) is 4.08. The fourth-order valence-electron chi connectivity index (χ4n) is 1.87. The van der Waals surface area contributed by atoms with Crippen LogP contribution in [0.2, 0.25) is 0 Å². The molecule has 1 aliphatic rings. The molecule has 0 radical (unpaired) electrons. The third kappa shape index (κ3) is 2.70. The van der Waals surface area contributed by atoms with Crippen LogP contribution in [0.5, 0.6) is 0 Å². The van der Waals surface area contributed by atoms with Crippen LogP contribution in [0.4, 0.5) is 5.69 Å². The zero-order chi connectivity index (χ0) is 14.0. The normalized spacial score (nSPS) is 19.5. The molecule has 1 atom stereocenters. The fraction of sp³-hybridized carbons (Fsp3) is 0.333. The fourth-order valence-corrected chi connectivity index (χ4v) is 2.50. The predicted molar refractivity (Wildman–Crippen MR) is 71.3 cm³/mol. The molecule has 1 saturated heterocycles. The molecule has 0 saturated carbocycles. The summed E-state index contributed by atoms with van der Waals surface area (Å²) < 4.78 is 0. The number of imide groups is 1. The van der Waals surface area contributed by atoms with Crippen LogP contribution in [0, 0.1) is 6.92 Å². The van der Waals surface area contributed by atoms with Crippen molar-refractivity contribution in [2.75, 3.05) is 0 Å². The minimum atomic E-state index is -0.798. The highest BCUT2D eigenvalue weighted by Gasteiger charge is 2.36. The number of carbonyl (C=O) groups excluding carboxylic acids is 3. The lowest BCUT2D eigenvalue weighted by atomic mass is 10.2. The van der Waals surface area contributed by atoms with E-state index >= 15 is 0 Å². The van der Waals surface area contributed by atoms with E-state index in [2.05, 4.69) is 10.3 Å². The average molecular weight is 279 g/mol. The van der Waals surface area contributed by atoms with Gasteiger partial charge in [0, 0.05) is 4.88 Å². The number of amidine groups is 1. The van der Waals surface area contributed by atoms with E-state index in [1.165, 1.54) is 4.90 Å². The highest BCUT2D eigenvalue weighted by Crippen LogP contribution is 2.24. The van der Waals surface area contributed by atoms with Gasteiger partial charge in [-0.3, -0.25) is 24.6 Å². The summed E-state index contributed by atoms with van der Waals surface area (Å²) in [4.78, 5) is 40.4. The Morgan fingerprint density at radius 3 is 2.79 bits per heavy atom. The van der Waals surface area contributed by atoms with Crippen LogP contribution in [-0.4, -0.2) is 35.0 Å². The van der Waals surface area contributed by atoms with Gasteiger partial charge in [0.25, 0.3) is 0 Å². The number of hydrogen-bond donors (Lipinski definition) is 1. The minimum Gasteiger partial charge on any atom is -0.295 e. The van der Waals surface area contributed by atoms with Crippen molar-refractivity contribution in [2.45, 2.75) is 26.3 Å². The lowest BCUT2D eigenvalue weighted by molar-refractivity contribution is -0.128. The second-order valence-corrected chi connectivity index (χ2v) is 5.29. The number of nitrogens with one attached hydrogen (secondary N) is 1. The molecule has 19 heavy (non-hydrogen) atoms. The van der Waals surface area contributed by atoms with Crippen molar-refractivity contribution in [3.8, 4) is 0 Å². The zero-order valence-electron chi connectivity index (χ0n) is 10.5. The van der Waals surface area contributed by atoms with E-state index in [4.69, 9.17) is 0 Å². The summed E-state index contributed by atoms with van der Waals surface area (Å²) >= 11 is 1.55. The first-order chi connectivity index (χ1) is 9.02. The molecule has 0 aromatic carbocycles. The number of aryl methyl sites for hydroxylation is 1. The number of carbonyl (C=O) groups is 3. The van der Waals surface area contributed by atoms with E-state index in [0.717, 1.165) is 10.6 Å². The van der Waals surface area contributed by atoms with E-state index in [0.29, 0.717) is 12.2 Å². The van der Waals surface area contributed by atoms with Crippen molar-refractivity contribution in [3.63, 3.8) is 0 Å². The Labute approximate surface area is 114 Å². The van der Waals surface area contributed by atoms with Gasteiger partial charge in [-0.2, -0.15) is 0 Å². The maximum Gasteiger partial charge on any atom is 0.250 e. The van der Waals surface area contributed by atoms with Crippen LogP contribution < -0.4 is 5.32 Å². The molecule has 3 amide bonds. The van der Waals surface area contributed by atoms with E-state index in [9.17, 15) is 14.4 Å². The maximum atomic E-state index is 11.6. The van der Waals surface area contributed by atoms with Crippen LogP contribution in [0.3, 0.4) is 0 Å². The molecule has 0 bridgehead atoms. The molecule has 1 aromatic heterocycles. The second kappa shape index (κ2) is 5.31. The van der Waals surface area contributed by atoms with Gasteiger partial charge >= 0.3 is 0 Å². The van der Waals surface area contributed by atoms with Crippen molar-refractivity contribution in [3.05, 3.63) is 16.3 Å². The largest absolute Gasteiger partial charge is 0.295 e. The molecule has 1 aromatic rings. The number of amides is 3. The van der Waals surface area contributed by atoms with Gasteiger partial charge in [-0.1, -0.05) is 0 Å². The molecule has 0 spiro atoms. The van der Waals surface area contributed by atoms with Crippen LogP contribution in [-0.2, 0) is 14.4 Å². The summed E-state index contributed by atoms with van der Waals surface area (Å²) in [6.07, 6.45) is 0.510. The summed E-state index contributed by atoms with van der Waals surface area (Å²) in [7, 11) is 0. The molecule has 0 aliphatic carbocycles. The highest BCUT2D eigenvalue weighted by atomic mass is 32.1. The van der Waals surface area contributed by atoms with Gasteiger partial charge < -0.3 is 0 Å². The van der Waals surface area contributed by atoms with Gasteiger partial charge in [-0.15, -0.1) is 11.3 Å². The number of rotatable bonds is 3. The predicted octanol–water partition coefficient (Wildman–Crippen LogP) is 0.980. The molecule has 1 N–H and O–H groups in total. The lowest BCUT2D eigenvalue weighted by Gasteiger charge is -2.21. The third-order valence-corrected chi connectivity index (χ3v) is 3.72. The highest BCUT2D eigenvalue weighted by molar-refractivity contribution is 7.10. The lowest BCUT2D eigenvalue weighted by Crippen LogP contribution is -2.42. The number of aliphatic imine (C=N–C) groups is 1. The molecule has 6 nitrogen and oxygen atoms in total. The standard InChI is InChI=1S/C12H13N3O3S/c1-7-9(3-4-19-7)13-8(2)15(6-16)10-5-11(17)14-12(10)18/h3-4,6,10H,5H2,1-2H3,(H,14,17,18). The summed E-state index contributed by atoms with van der Waals surface area (Å²) in [5.41, 5.74) is 0.763. The summed E-state index contributed by atoms with van der Waals surface area (Å²) in [6.45, 7) is 3.56. The first kappa shape index (κ1) is 13.4. The molecule has 2 rings (SSSR count). The molecule has 100 valence electrons. The SMILES string of the molecule is CC(=Nc1ccsc1C)N(C=O)C1CC(=O)NC1=O. The molecule has 1 fully saturated rings. The smallest absolute Gasteiger partial charge is 0.250 e. The summed E-state index contributed by atoms with van der Waals surface area (Å²) in [6, 6.07) is 1.04. The van der Waals surface area contributed by atoms with Gasteiger partial charge in [0.05, 0.1) is 12.1 Å². The van der Waals surface area contributed by atoms with E-state index in [1.54, 1.807) is 18.3 Å². The van der Waals surface area contributed by atoms with Crippen molar-refractivity contribution < 1.29 is 14.4 Å². The van der Waals surface area contributed by atoms with E-state index in [-0.39, 0.29) is 12.3 Å². The average Bonchev–Trinajstić information content (AvgIpc) is 2.88. The van der Waals surface area contributed by atoms with E-state index in [1.807, 2.05) is 18.4 Å².